The number of ether oxygens (including phenoxy) is 2. The van der Waals surface area contributed by atoms with E-state index >= 15 is 0 Å². The van der Waals surface area contributed by atoms with E-state index in [4.69, 9.17) is 13.9 Å². The maximum atomic E-state index is 12.7. The highest BCUT2D eigenvalue weighted by Gasteiger charge is 2.35. The molecule has 3 amide bonds. The molecule has 1 aromatic heterocycles. The van der Waals surface area contributed by atoms with Crippen molar-refractivity contribution in [3.8, 4) is 0 Å². The van der Waals surface area contributed by atoms with E-state index in [1.165, 1.54) is 18.3 Å². The van der Waals surface area contributed by atoms with E-state index < -0.39 is 12.0 Å². The Kier molecular flexibility index (Phi) is 6.53. The minimum absolute atomic E-state index is 0.105. The fraction of sp³-hybridized carbons (Fsp3) is 0.286. The Bertz CT molecular complexity index is 950. The van der Waals surface area contributed by atoms with Crippen molar-refractivity contribution in [2.75, 3.05) is 32.7 Å². The van der Waals surface area contributed by atoms with E-state index in [0.717, 1.165) is 0 Å². The lowest BCUT2D eigenvalue weighted by molar-refractivity contribution is -0.140. The van der Waals surface area contributed by atoms with E-state index in [1.54, 1.807) is 50.4 Å². The van der Waals surface area contributed by atoms with Crippen LogP contribution in [0.25, 0.3) is 0 Å². The number of furan rings is 1. The van der Waals surface area contributed by atoms with Crippen LogP contribution in [0.15, 0.2) is 58.3 Å². The summed E-state index contributed by atoms with van der Waals surface area (Å²) < 4.78 is 15.3. The first-order valence-electron chi connectivity index (χ1n) is 9.28. The molecule has 2 N–H and O–H groups in total. The van der Waals surface area contributed by atoms with Crippen molar-refractivity contribution in [3.05, 3.63) is 65.3 Å². The first-order valence-corrected chi connectivity index (χ1v) is 9.28. The van der Waals surface area contributed by atoms with Crippen LogP contribution in [0.3, 0.4) is 0 Å². The summed E-state index contributed by atoms with van der Waals surface area (Å²) in [6.45, 7) is 2.07. The first kappa shape index (κ1) is 21.1. The summed E-state index contributed by atoms with van der Waals surface area (Å²) in [6.07, 6.45) is 1.42. The van der Waals surface area contributed by atoms with Crippen LogP contribution in [0, 0.1) is 0 Å². The standard InChI is InChI=1S/C21H23N3O6/c1-13-17(20(26)30-12-11-28-3)18(23-21(27)24(13)2)14-6-8-15(9-7-14)22-19(25)16-5-4-10-29-16/h4-10,18H,11-12H2,1-3H3,(H,22,25)(H,23,27). The summed E-state index contributed by atoms with van der Waals surface area (Å²) in [5, 5.41) is 5.53. The Morgan fingerprint density at radius 2 is 1.93 bits per heavy atom. The van der Waals surface area contributed by atoms with Gasteiger partial charge in [0.05, 0.1) is 24.5 Å². The van der Waals surface area contributed by atoms with Gasteiger partial charge in [-0.1, -0.05) is 12.1 Å². The monoisotopic (exact) mass is 413 g/mol. The number of anilines is 1. The zero-order valence-electron chi connectivity index (χ0n) is 16.9. The molecule has 1 aliphatic rings. The van der Waals surface area contributed by atoms with Crippen LogP contribution >= 0.6 is 0 Å². The van der Waals surface area contributed by atoms with Crippen LogP contribution in [0.4, 0.5) is 10.5 Å². The van der Waals surface area contributed by atoms with Gasteiger partial charge in [0.2, 0.25) is 0 Å². The maximum absolute atomic E-state index is 12.7. The van der Waals surface area contributed by atoms with E-state index in [1.807, 2.05) is 0 Å². The first-order chi connectivity index (χ1) is 14.4. The van der Waals surface area contributed by atoms with Crippen molar-refractivity contribution in [3.63, 3.8) is 0 Å². The van der Waals surface area contributed by atoms with Crippen molar-refractivity contribution in [2.24, 2.45) is 0 Å². The summed E-state index contributed by atoms with van der Waals surface area (Å²) in [4.78, 5) is 38.5. The van der Waals surface area contributed by atoms with E-state index in [2.05, 4.69) is 10.6 Å². The molecule has 1 atom stereocenters. The number of rotatable bonds is 7. The number of carbonyl (C=O) groups is 3. The third-order valence-electron chi connectivity index (χ3n) is 4.74. The topological polar surface area (TPSA) is 110 Å². The number of hydrogen-bond donors (Lipinski definition) is 2. The molecule has 0 bridgehead atoms. The lowest BCUT2D eigenvalue weighted by atomic mass is 9.95. The molecule has 2 heterocycles. The van der Waals surface area contributed by atoms with Gasteiger partial charge in [-0.05, 0) is 36.8 Å². The number of allylic oxidation sites excluding steroid dienone is 1. The normalized spacial score (nSPS) is 16.3. The molecule has 158 valence electrons. The van der Waals surface area contributed by atoms with E-state index in [0.29, 0.717) is 22.5 Å². The molecule has 0 spiro atoms. The molecule has 0 aliphatic carbocycles. The molecule has 9 heteroatoms. The molecule has 30 heavy (non-hydrogen) atoms. The van der Waals surface area contributed by atoms with Crippen LogP contribution in [0.2, 0.25) is 0 Å². The minimum Gasteiger partial charge on any atom is -0.460 e. The molecule has 0 saturated carbocycles. The van der Waals surface area contributed by atoms with Crippen LogP contribution in [-0.4, -0.2) is 50.2 Å². The number of methoxy groups -OCH3 is 1. The van der Waals surface area contributed by atoms with Crippen molar-refractivity contribution < 1.29 is 28.3 Å². The molecular weight excluding hydrogens is 390 g/mol. The molecule has 9 nitrogen and oxygen atoms in total. The number of amides is 3. The molecule has 2 aromatic rings. The van der Waals surface area contributed by atoms with Crippen LogP contribution in [0.5, 0.6) is 0 Å². The SMILES string of the molecule is COCCOC(=O)C1=C(C)N(C)C(=O)NC1c1ccc(NC(=O)c2ccco2)cc1. The molecule has 0 saturated heterocycles. The lowest BCUT2D eigenvalue weighted by Crippen LogP contribution is -2.46. The molecule has 1 unspecified atom stereocenters. The fourth-order valence-corrected chi connectivity index (χ4v) is 3.00. The van der Waals surface area contributed by atoms with Crippen LogP contribution < -0.4 is 10.6 Å². The van der Waals surface area contributed by atoms with Crippen molar-refractivity contribution >= 4 is 23.6 Å². The maximum Gasteiger partial charge on any atom is 0.338 e. The summed E-state index contributed by atoms with van der Waals surface area (Å²) in [7, 11) is 3.10. The molecule has 1 aliphatic heterocycles. The van der Waals surface area contributed by atoms with Gasteiger partial charge in [-0.3, -0.25) is 4.79 Å². The fourth-order valence-electron chi connectivity index (χ4n) is 3.00. The number of esters is 1. The summed E-state index contributed by atoms with van der Waals surface area (Å²) in [6, 6.07) is 9.00. The van der Waals surface area contributed by atoms with Gasteiger partial charge in [0.1, 0.15) is 6.61 Å². The van der Waals surface area contributed by atoms with E-state index in [9.17, 15) is 14.4 Å². The third kappa shape index (κ3) is 4.52. The number of nitrogens with zero attached hydrogens (tertiary/aromatic N) is 1. The Labute approximate surface area is 173 Å². The Morgan fingerprint density at radius 1 is 1.20 bits per heavy atom. The van der Waals surface area contributed by atoms with Gasteiger partial charge >= 0.3 is 12.0 Å². The van der Waals surface area contributed by atoms with Gasteiger partial charge < -0.3 is 29.4 Å². The average molecular weight is 413 g/mol. The summed E-state index contributed by atoms with van der Waals surface area (Å²) in [5.74, 6) is -0.712. The van der Waals surface area contributed by atoms with Crippen LogP contribution in [0.1, 0.15) is 29.1 Å². The number of urea groups is 1. The van der Waals surface area contributed by atoms with Gasteiger partial charge in [0.15, 0.2) is 5.76 Å². The Morgan fingerprint density at radius 3 is 2.57 bits per heavy atom. The Balaban J connectivity index is 1.81. The lowest BCUT2D eigenvalue weighted by Gasteiger charge is -2.33. The molecule has 1 aromatic carbocycles. The van der Waals surface area contributed by atoms with Crippen molar-refractivity contribution in [1.29, 1.82) is 0 Å². The molecule has 0 radical (unpaired) electrons. The highest BCUT2D eigenvalue weighted by Crippen LogP contribution is 2.31. The Hall–Kier alpha value is -3.59. The highest BCUT2D eigenvalue weighted by molar-refractivity contribution is 6.02. The number of hydrogen-bond acceptors (Lipinski definition) is 6. The second-order valence-electron chi connectivity index (χ2n) is 6.62. The second kappa shape index (κ2) is 9.27. The largest absolute Gasteiger partial charge is 0.460 e. The zero-order valence-corrected chi connectivity index (χ0v) is 16.9. The molecule has 0 fully saturated rings. The number of carbonyl (C=O) groups excluding carboxylic acids is 3. The third-order valence-corrected chi connectivity index (χ3v) is 4.74. The summed E-state index contributed by atoms with van der Waals surface area (Å²) >= 11 is 0. The zero-order chi connectivity index (χ0) is 21.7. The van der Waals surface area contributed by atoms with Gasteiger partial charge in [-0.2, -0.15) is 0 Å². The number of benzene rings is 1. The quantitative estimate of drug-likeness (QED) is 0.533. The van der Waals surface area contributed by atoms with Crippen molar-refractivity contribution in [1.82, 2.24) is 10.2 Å². The van der Waals surface area contributed by atoms with Gasteiger partial charge in [-0.25, -0.2) is 9.59 Å². The average Bonchev–Trinajstić information content (AvgIpc) is 3.27. The van der Waals surface area contributed by atoms with Gasteiger partial charge in [-0.15, -0.1) is 0 Å². The number of nitrogens with one attached hydrogen (secondary N) is 2. The second-order valence-corrected chi connectivity index (χ2v) is 6.62. The summed E-state index contributed by atoms with van der Waals surface area (Å²) in [5.41, 5.74) is 2.05. The van der Waals surface area contributed by atoms with E-state index in [-0.39, 0.29) is 30.9 Å². The molecular formula is C21H23N3O6. The van der Waals surface area contributed by atoms with Gasteiger partial charge in [0, 0.05) is 25.5 Å². The van der Waals surface area contributed by atoms with Crippen molar-refractivity contribution in [2.45, 2.75) is 13.0 Å². The minimum atomic E-state index is -0.682. The smallest absolute Gasteiger partial charge is 0.338 e. The predicted octanol–water partition coefficient (Wildman–Crippen LogP) is 2.69. The highest BCUT2D eigenvalue weighted by atomic mass is 16.6. The predicted molar refractivity (Wildman–Crippen MR) is 108 cm³/mol. The van der Waals surface area contributed by atoms with Gasteiger partial charge in [0.25, 0.3) is 5.91 Å². The molecule has 3 rings (SSSR count). The van der Waals surface area contributed by atoms with Crippen LogP contribution in [-0.2, 0) is 14.3 Å².